The van der Waals surface area contributed by atoms with Crippen molar-refractivity contribution >= 4 is 40.3 Å². The summed E-state index contributed by atoms with van der Waals surface area (Å²) in [7, 11) is 0. The Morgan fingerprint density at radius 1 is 1.25 bits per heavy atom. The summed E-state index contributed by atoms with van der Waals surface area (Å²) in [5, 5.41) is 4.85. The van der Waals surface area contributed by atoms with E-state index in [-0.39, 0.29) is 11.9 Å². The number of nitrogens with one attached hydrogen (secondary N) is 1. The summed E-state index contributed by atoms with van der Waals surface area (Å²) in [4.78, 5) is 34.0. The first kappa shape index (κ1) is 22.8. The Bertz CT molecular complexity index is 969. The number of hydrogen-bond donors (Lipinski definition) is 1. The minimum Gasteiger partial charge on any atom is -0.324 e. The van der Waals surface area contributed by atoms with Gasteiger partial charge in [-0.15, -0.1) is 11.3 Å². The van der Waals surface area contributed by atoms with Gasteiger partial charge in [-0.05, 0) is 70.3 Å². The van der Waals surface area contributed by atoms with Crippen LogP contribution in [0.1, 0.15) is 54.8 Å². The van der Waals surface area contributed by atoms with Crippen molar-refractivity contribution in [1.82, 2.24) is 9.80 Å². The van der Waals surface area contributed by atoms with Crippen molar-refractivity contribution in [2.75, 3.05) is 42.9 Å². The SMILES string of the molecule is CCN(CC)CCCC1CCCN(C(=O)N2c3ccccc3NC(=O)c3csc(C)c32)C1. The van der Waals surface area contributed by atoms with Crippen LogP contribution in [-0.4, -0.2) is 54.5 Å². The van der Waals surface area contributed by atoms with Crippen LogP contribution in [0.2, 0.25) is 0 Å². The van der Waals surface area contributed by atoms with Crippen LogP contribution in [-0.2, 0) is 0 Å². The van der Waals surface area contributed by atoms with Crippen LogP contribution in [0.15, 0.2) is 29.6 Å². The van der Waals surface area contributed by atoms with Gasteiger partial charge in [-0.3, -0.25) is 9.69 Å². The van der Waals surface area contributed by atoms with Gasteiger partial charge in [-0.2, -0.15) is 0 Å². The van der Waals surface area contributed by atoms with E-state index in [1.807, 2.05) is 41.5 Å². The maximum absolute atomic E-state index is 13.9. The molecular weight excluding hydrogens is 420 g/mol. The highest BCUT2D eigenvalue weighted by molar-refractivity contribution is 7.11. The normalized spacial score (nSPS) is 18.2. The molecule has 1 aromatic carbocycles. The second-order valence-electron chi connectivity index (χ2n) is 8.77. The van der Waals surface area contributed by atoms with Gasteiger partial charge < -0.3 is 15.1 Å². The number of fused-ring (bicyclic) bond motifs is 2. The number of likely N-dealkylation sites (tertiary alicyclic amines) is 1. The molecule has 2 aromatic rings. The molecule has 2 aliphatic rings. The molecule has 2 aliphatic heterocycles. The summed E-state index contributed by atoms with van der Waals surface area (Å²) in [6.07, 6.45) is 4.54. The molecule has 4 rings (SSSR count). The number of para-hydroxylation sites is 2. The van der Waals surface area contributed by atoms with Crippen LogP contribution in [0, 0.1) is 12.8 Å². The van der Waals surface area contributed by atoms with Gasteiger partial charge in [-0.1, -0.05) is 26.0 Å². The zero-order chi connectivity index (χ0) is 22.7. The first-order valence-corrected chi connectivity index (χ1v) is 12.7. The highest BCUT2D eigenvalue weighted by atomic mass is 32.1. The molecule has 3 amide bonds. The van der Waals surface area contributed by atoms with E-state index in [1.165, 1.54) is 24.2 Å². The standard InChI is InChI=1S/C25H34N4O2S/c1-4-27(5-2)14-8-10-19-11-9-15-28(16-19)25(31)29-22-13-7-6-12-21(22)26-24(30)20-17-32-18(3)23(20)29/h6-7,12-13,17,19H,4-5,8-11,14-16H2,1-3H3,(H,26,30). The van der Waals surface area contributed by atoms with E-state index in [0.717, 1.165) is 61.8 Å². The molecule has 0 saturated carbocycles. The average molecular weight is 455 g/mol. The Morgan fingerprint density at radius 2 is 2.03 bits per heavy atom. The lowest BCUT2D eigenvalue weighted by molar-refractivity contribution is 0.102. The molecule has 0 aliphatic carbocycles. The molecule has 0 bridgehead atoms. The van der Waals surface area contributed by atoms with E-state index in [9.17, 15) is 9.59 Å². The molecule has 3 heterocycles. The zero-order valence-electron chi connectivity index (χ0n) is 19.4. The van der Waals surface area contributed by atoms with Gasteiger partial charge in [0, 0.05) is 23.3 Å². The largest absolute Gasteiger partial charge is 0.329 e. The number of aryl methyl sites for hydroxylation is 1. The number of benzene rings is 1. The minimum absolute atomic E-state index is 0.0230. The number of carbonyl (C=O) groups excluding carboxylic acids is 2. The van der Waals surface area contributed by atoms with Gasteiger partial charge in [0.15, 0.2) is 0 Å². The number of thiophene rings is 1. The molecule has 1 saturated heterocycles. The van der Waals surface area contributed by atoms with Crippen molar-refractivity contribution in [1.29, 1.82) is 0 Å². The van der Waals surface area contributed by atoms with E-state index >= 15 is 0 Å². The van der Waals surface area contributed by atoms with Crippen LogP contribution in [0.5, 0.6) is 0 Å². The fourth-order valence-corrected chi connectivity index (χ4v) is 5.76. The van der Waals surface area contributed by atoms with Gasteiger partial charge in [-0.25, -0.2) is 4.79 Å². The molecule has 1 aromatic heterocycles. The molecule has 32 heavy (non-hydrogen) atoms. The van der Waals surface area contributed by atoms with Crippen LogP contribution in [0.4, 0.5) is 21.9 Å². The average Bonchev–Trinajstić information content (AvgIpc) is 3.13. The highest BCUT2D eigenvalue weighted by Crippen LogP contribution is 2.43. The summed E-state index contributed by atoms with van der Waals surface area (Å²) >= 11 is 1.52. The third kappa shape index (κ3) is 4.55. The fourth-order valence-electron chi connectivity index (χ4n) is 4.93. The first-order chi connectivity index (χ1) is 15.5. The molecule has 6 nitrogen and oxygen atoms in total. The van der Waals surface area contributed by atoms with E-state index < -0.39 is 0 Å². The third-order valence-corrected chi connectivity index (χ3v) is 7.67. The number of nitrogens with zero attached hydrogens (tertiary/aromatic N) is 3. The van der Waals surface area contributed by atoms with Gasteiger partial charge in [0.25, 0.3) is 5.91 Å². The van der Waals surface area contributed by atoms with Gasteiger partial charge in [0.1, 0.15) is 0 Å². The van der Waals surface area contributed by atoms with Crippen molar-refractivity contribution < 1.29 is 9.59 Å². The number of amides is 3. The van der Waals surface area contributed by atoms with Crippen molar-refractivity contribution in [2.45, 2.75) is 46.5 Å². The Morgan fingerprint density at radius 3 is 2.81 bits per heavy atom. The van der Waals surface area contributed by atoms with Crippen LogP contribution >= 0.6 is 11.3 Å². The lowest BCUT2D eigenvalue weighted by atomic mass is 9.93. The fraction of sp³-hybridized carbons (Fsp3) is 0.520. The molecule has 1 unspecified atom stereocenters. The maximum atomic E-state index is 13.9. The quantitative estimate of drug-likeness (QED) is 0.608. The van der Waals surface area contributed by atoms with E-state index in [1.54, 1.807) is 4.90 Å². The lowest BCUT2D eigenvalue weighted by Gasteiger charge is -2.37. The number of carbonyl (C=O) groups is 2. The Hall–Kier alpha value is -2.38. The lowest BCUT2D eigenvalue weighted by Crippen LogP contribution is -2.46. The Balaban J connectivity index is 1.55. The summed E-state index contributed by atoms with van der Waals surface area (Å²) in [6, 6.07) is 7.57. The molecule has 1 N–H and O–H groups in total. The van der Waals surface area contributed by atoms with Crippen molar-refractivity contribution in [3.8, 4) is 0 Å². The predicted octanol–water partition coefficient (Wildman–Crippen LogP) is 5.71. The van der Waals surface area contributed by atoms with Crippen molar-refractivity contribution in [2.24, 2.45) is 5.92 Å². The molecule has 1 atom stereocenters. The van der Waals surface area contributed by atoms with Gasteiger partial charge in [0.05, 0.1) is 22.6 Å². The number of anilines is 3. The number of hydrogen-bond acceptors (Lipinski definition) is 4. The minimum atomic E-state index is -0.153. The topological polar surface area (TPSA) is 55.9 Å². The van der Waals surface area contributed by atoms with Crippen LogP contribution in [0.25, 0.3) is 0 Å². The predicted molar refractivity (Wildman–Crippen MR) is 132 cm³/mol. The molecule has 7 heteroatoms. The second-order valence-corrected chi connectivity index (χ2v) is 9.85. The van der Waals surface area contributed by atoms with Gasteiger partial charge in [0.2, 0.25) is 0 Å². The number of urea groups is 1. The molecule has 172 valence electrons. The zero-order valence-corrected chi connectivity index (χ0v) is 20.2. The number of rotatable bonds is 6. The smallest absolute Gasteiger partial charge is 0.324 e. The van der Waals surface area contributed by atoms with Gasteiger partial charge >= 0.3 is 6.03 Å². The van der Waals surface area contributed by atoms with Crippen LogP contribution < -0.4 is 10.2 Å². The first-order valence-electron chi connectivity index (χ1n) is 11.8. The monoisotopic (exact) mass is 454 g/mol. The van der Waals surface area contributed by atoms with E-state index in [2.05, 4.69) is 24.1 Å². The summed E-state index contributed by atoms with van der Waals surface area (Å²) in [5.74, 6) is 0.383. The van der Waals surface area contributed by atoms with Crippen LogP contribution in [0.3, 0.4) is 0 Å². The summed E-state index contributed by atoms with van der Waals surface area (Å²) < 4.78 is 0. The van der Waals surface area contributed by atoms with Crippen molar-refractivity contribution in [3.05, 3.63) is 40.1 Å². The Labute approximate surface area is 195 Å². The summed E-state index contributed by atoms with van der Waals surface area (Å²) in [5.41, 5.74) is 2.73. The van der Waals surface area contributed by atoms with E-state index in [0.29, 0.717) is 17.2 Å². The highest BCUT2D eigenvalue weighted by Gasteiger charge is 2.35. The van der Waals surface area contributed by atoms with Crippen molar-refractivity contribution in [3.63, 3.8) is 0 Å². The molecule has 0 radical (unpaired) electrons. The Kier molecular flexibility index (Phi) is 7.16. The maximum Gasteiger partial charge on any atom is 0.329 e. The molecule has 0 spiro atoms. The second kappa shape index (κ2) is 10.0. The third-order valence-electron chi connectivity index (χ3n) is 6.77. The molecular formula is C25H34N4O2S. The number of piperidine rings is 1. The molecule has 1 fully saturated rings. The summed E-state index contributed by atoms with van der Waals surface area (Å²) in [6.45, 7) is 11.3. The van der Waals surface area contributed by atoms with E-state index in [4.69, 9.17) is 0 Å².